The lowest BCUT2D eigenvalue weighted by Gasteiger charge is -2.43. The Labute approximate surface area is 315 Å². The molecule has 6 rings (SSSR count). The van der Waals surface area contributed by atoms with Crippen molar-refractivity contribution in [3.05, 3.63) is 48.2 Å². The van der Waals surface area contributed by atoms with Gasteiger partial charge in [-0.3, -0.25) is 29.2 Å². The van der Waals surface area contributed by atoms with E-state index < -0.39 is 66.0 Å². The van der Waals surface area contributed by atoms with Gasteiger partial charge in [0.15, 0.2) is 5.82 Å². The fraction of sp³-hybridized carbons (Fsp3) is 0.605. The van der Waals surface area contributed by atoms with E-state index in [-0.39, 0.29) is 25.0 Å². The SMILES string of the molecule is C[C@@H]1C[C@H]2C(=O)OC[C@H](NC[C@H](Cc3ccccc3)NC(=O)Nc3ccn(C)n3)C(=O)N3CCCC[C@H]3C(=O)N3CCCC[C@H]3C(=O)N[C@@H](C)C(=O)N2C1. The highest BCUT2D eigenvalue weighted by Gasteiger charge is 2.45. The van der Waals surface area contributed by atoms with E-state index in [4.69, 9.17) is 4.74 Å². The van der Waals surface area contributed by atoms with E-state index in [1.165, 1.54) is 4.90 Å². The zero-order valence-corrected chi connectivity index (χ0v) is 31.4. The first-order valence-electron chi connectivity index (χ1n) is 19.2. The fourth-order valence-corrected chi connectivity index (χ4v) is 8.10. The van der Waals surface area contributed by atoms with Gasteiger partial charge in [-0.2, -0.15) is 5.10 Å². The highest BCUT2D eigenvalue weighted by Crippen LogP contribution is 2.27. The Morgan fingerprint density at radius 1 is 0.889 bits per heavy atom. The van der Waals surface area contributed by atoms with Crippen LogP contribution in [0.25, 0.3) is 0 Å². The molecule has 4 saturated heterocycles. The van der Waals surface area contributed by atoms with E-state index in [1.54, 1.807) is 40.7 Å². The van der Waals surface area contributed by atoms with Crippen LogP contribution in [0.2, 0.25) is 0 Å². The second-order valence-corrected chi connectivity index (χ2v) is 15.1. The third-order valence-electron chi connectivity index (χ3n) is 10.9. The van der Waals surface area contributed by atoms with Gasteiger partial charge in [-0.25, -0.2) is 9.59 Å². The summed E-state index contributed by atoms with van der Waals surface area (Å²) in [7, 11) is 1.75. The Morgan fingerprint density at radius 3 is 2.30 bits per heavy atom. The monoisotopic (exact) mass is 747 g/mol. The van der Waals surface area contributed by atoms with Crippen molar-refractivity contribution >= 4 is 41.4 Å². The van der Waals surface area contributed by atoms with Crippen LogP contribution in [0, 0.1) is 5.92 Å². The Kier molecular flexibility index (Phi) is 12.5. The topological polar surface area (TPSA) is 187 Å². The number of amides is 6. The van der Waals surface area contributed by atoms with Gasteiger partial charge in [0.2, 0.25) is 23.6 Å². The number of carbonyl (C=O) groups is 6. The van der Waals surface area contributed by atoms with Gasteiger partial charge in [0, 0.05) is 51.5 Å². The molecule has 1 aromatic heterocycles. The summed E-state index contributed by atoms with van der Waals surface area (Å²) in [5.74, 6) is -1.79. The maximum absolute atomic E-state index is 14.6. The average Bonchev–Trinajstić information content (AvgIpc) is 3.77. The molecule has 0 bridgehead atoms. The molecule has 0 unspecified atom stereocenters. The van der Waals surface area contributed by atoms with Crippen molar-refractivity contribution in [1.29, 1.82) is 0 Å². The molecule has 292 valence electrons. The van der Waals surface area contributed by atoms with Gasteiger partial charge < -0.3 is 35.4 Å². The number of carbonyl (C=O) groups excluding carboxylic acids is 6. The maximum Gasteiger partial charge on any atom is 0.328 e. The molecule has 0 spiro atoms. The number of piperidine rings is 2. The molecular formula is C38H53N9O7. The van der Waals surface area contributed by atoms with Crippen LogP contribution in [0.3, 0.4) is 0 Å². The Hall–Kier alpha value is -4.99. The van der Waals surface area contributed by atoms with Crippen LogP contribution in [0.5, 0.6) is 0 Å². The number of aryl methyl sites for hydroxylation is 1. The van der Waals surface area contributed by atoms with Crippen molar-refractivity contribution in [3.8, 4) is 0 Å². The van der Waals surface area contributed by atoms with Gasteiger partial charge in [0.25, 0.3) is 0 Å². The molecular weight excluding hydrogens is 694 g/mol. The average molecular weight is 748 g/mol. The number of aromatic nitrogens is 2. The first kappa shape index (κ1) is 38.7. The lowest BCUT2D eigenvalue weighted by atomic mass is 9.95. The molecule has 0 radical (unpaired) electrons. The van der Waals surface area contributed by atoms with Gasteiger partial charge >= 0.3 is 12.0 Å². The summed E-state index contributed by atoms with van der Waals surface area (Å²) in [5, 5.41) is 16.1. The third-order valence-corrected chi connectivity index (χ3v) is 10.9. The fourth-order valence-electron chi connectivity index (χ4n) is 8.10. The van der Waals surface area contributed by atoms with E-state index in [2.05, 4.69) is 26.4 Å². The number of anilines is 1. The van der Waals surface area contributed by atoms with E-state index in [9.17, 15) is 28.8 Å². The maximum atomic E-state index is 14.6. The van der Waals surface area contributed by atoms with Gasteiger partial charge in [0.1, 0.15) is 36.8 Å². The van der Waals surface area contributed by atoms with E-state index in [0.717, 1.165) is 24.8 Å². The molecule has 16 nitrogen and oxygen atoms in total. The molecule has 54 heavy (non-hydrogen) atoms. The summed E-state index contributed by atoms with van der Waals surface area (Å²) in [4.78, 5) is 87.9. The molecule has 16 heteroatoms. The number of cyclic esters (lactones) is 1. The third kappa shape index (κ3) is 9.20. The van der Waals surface area contributed by atoms with Crippen molar-refractivity contribution in [2.45, 2.75) is 101 Å². The minimum Gasteiger partial charge on any atom is -0.462 e. The van der Waals surface area contributed by atoms with Gasteiger partial charge in [-0.05, 0) is 69.8 Å². The van der Waals surface area contributed by atoms with E-state index >= 15 is 0 Å². The summed E-state index contributed by atoms with van der Waals surface area (Å²) in [6.45, 7) is 4.32. The van der Waals surface area contributed by atoms with Crippen LogP contribution >= 0.6 is 0 Å². The van der Waals surface area contributed by atoms with Crippen LogP contribution in [0.4, 0.5) is 10.6 Å². The van der Waals surface area contributed by atoms with Crippen LogP contribution in [-0.2, 0) is 42.2 Å². The number of hydrogen-bond donors (Lipinski definition) is 4. The van der Waals surface area contributed by atoms with E-state index in [1.807, 2.05) is 37.3 Å². The van der Waals surface area contributed by atoms with Crippen LogP contribution in [0.15, 0.2) is 42.6 Å². The lowest BCUT2D eigenvalue weighted by Crippen LogP contribution is -2.63. The molecule has 4 aliphatic rings. The standard InChI is InChI=1S/C38H53N9O7/c1-24-19-31-37(52)54-23-28(39-21-27(20-26-11-5-4-6-12-26)41-38(53)42-32-15-18-44(3)43-32)35(50)46-17-10-8-14-30(46)36(51)45-16-9-7-13-29(45)33(48)40-25(2)34(49)47(31)22-24/h4-6,11-12,15,18,24-25,27-31,39H,7-10,13-14,16-17,19-23H2,1-3H3,(H,40,48)(H2,41,42,43,53)/t24-,25+,27+,28+,29+,30+,31+/m1/s1. The van der Waals surface area contributed by atoms with Crippen molar-refractivity contribution in [3.63, 3.8) is 0 Å². The number of benzene rings is 1. The number of urea groups is 1. The van der Waals surface area contributed by atoms with Crippen molar-refractivity contribution in [1.82, 2.24) is 40.4 Å². The quantitative estimate of drug-likeness (QED) is 0.302. The molecule has 0 aliphatic carbocycles. The Balaban J connectivity index is 1.28. The molecule has 2 aromatic rings. The smallest absolute Gasteiger partial charge is 0.328 e. The number of nitrogens with one attached hydrogen (secondary N) is 4. The number of ether oxygens (including phenoxy) is 1. The molecule has 4 fully saturated rings. The molecule has 5 heterocycles. The molecule has 4 N–H and O–H groups in total. The molecule has 0 saturated carbocycles. The number of esters is 1. The first-order chi connectivity index (χ1) is 26.0. The van der Waals surface area contributed by atoms with Gasteiger partial charge in [-0.1, -0.05) is 37.3 Å². The molecule has 6 amide bonds. The molecule has 7 atom stereocenters. The normalized spacial score (nSPS) is 27.7. The predicted octanol–water partition coefficient (Wildman–Crippen LogP) is 1.17. The zero-order valence-electron chi connectivity index (χ0n) is 31.4. The minimum absolute atomic E-state index is 0.00894. The van der Waals surface area contributed by atoms with E-state index in [0.29, 0.717) is 57.6 Å². The number of fused-ring (bicyclic) bond motifs is 3. The summed E-state index contributed by atoms with van der Waals surface area (Å²) >= 11 is 0. The lowest BCUT2D eigenvalue weighted by molar-refractivity contribution is -0.159. The summed E-state index contributed by atoms with van der Waals surface area (Å²) in [5.41, 5.74) is 0.953. The number of nitrogens with zero attached hydrogens (tertiary/aromatic N) is 5. The highest BCUT2D eigenvalue weighted by molar-refractivity contribution is 5.96. The van der Waals surface area contributed by atoms with Crippen LogP contribution in [0.1, 0.15) is 64.4 Å². The predicted molar refractivity (Wildman–Crippen MR) is 198 cm³/mol. The second-order valence-electron chi connectivity index (χ2n) is 15.1. The molecule has 4 aliphatic heterocycles. The highest BCUT2D eigenvalue weighted by atomic mass is 16.5. The second kappa shape index (κ2) is 17.4. The zero-order chi connectivity index (χ0) is 38.4. The summed E-state index contributed by atoms with van der Waals surface area (Å²) in [6, 6.07) is 5.81. The minimum atomic E-state index is -1.07. The Morgan fingerprint density at radius 2 is 1.59 bits per heavy atom. The molecule has 1 aromatic carbocycles. The summed E-state index contributed by atoms with van der Waals surface area (Å²) in [6.07, 6.45) is 6.28. The van der Waals surface area contributed by atoms with Crippen LogP contribution < -0.4 is 21.3 Å². The summed E-state index contributed by atoms with van der Waals surface area (Å²) < 4.78 is 7.43. The Bertz CT molecular complexity index is 1690. The van der Waals surface area contributed by atoms with Gasteiger partial charge in [-0.15, -0.1) is 0 Å². The van der Waals surface area contributed by atoms with Crippen LogP contribution in [-0.4, -0.2) is 129 Å². The van der Waals surface area contributed by atoms with Crippen molar-refractivity contribution in [2.75, 3.05) is 38.1 Å². The number of hydrogen-bond acceptors (Lipinski definition) is 9. The largest absolute Gasteiger partial charge is 0.462 e. The first-order valence-corrected chi connectivity index (χ1v) is 19.2. The van der Waals surface area contributed by atoms with Gasteiger partial charge in [0.05, 0.1) is 0 Å². The van der Waals surface area contributed by atoms with Crippen molar-refractivity contribution < 1.29 is 33.5 Å². The number of rotatable bonds is 7. The van der Waals surface area contributed by atoms with Crippen molar-refractivity contribution in [2.24, 2.45) is 13.0 Å².